The predicted octanol–water partition coefficient (Wildman–Crippen LogP) is 2.30. The van der Waals surface area contributed by atoms with E-state index < -0.39 is 23.7 Å². The van der Waals surface area contributed by atoms with E-state index in [-0.39, 0.29) is 17.6 Å². The van der Waals surface area contributed by atoms with E-state index >= 15 is 0 Å². The Hall–Kier alpha value is -4.47. The number of fused-ring (bicyclic) bond motifs is 1. The number of benzene rings is 2. The molecule has 0 bridgehead atoms. The van der Waals surface area contributed by atoms with Gasteiger partial charge in [0.05, 0.1) is 14.2 Å². The van der Waals surface area contributed by atoms with Crippen LogP contribution in [0, 0.1) is 0 Å². The fourth-order valence-corrected chi connectivity index (χ4v) is 3.61. The van der Waals surface area contributed by atoms with E-state index in [2.05, 4.69) is 15.3 Å². The number of rotatable bonds is 7. The van der Waals surface area contributed by atoms with Gasteiger partial charge in [-0.2, -0.15) is 0 Å². The fraction of sp³-hybridized carbons (Fsp3) is 0.208. The summed E-state index contributed by atoms with van der Waals surface area (Å²) in [5, 5.41) is 2.83. The highest BCUT2D eigenvalue weighted by Gasteiger charge is 2.18. The van der Waals surface area contributed by atoms with Crippen molar-refractivity contribution in [2.45, 2.75) is 20.0 Å². The van der Waals surface area contributed by atoms with E-state index in [1.807, 2.05) is 30.3 Å². The highest BCUT2D eigenvalue weighted by molar-refractivity contribution is 5.91. The summed E-state index contributed by atoms with van der Waals surface area (Å²) in [6.07, 6.45) is 1.39. The van der Waals surface area contributed by atoms with Crippen LogP contribution in [0.15, 0.2) is 64.3 Å². The zero-order valence-electron chi connectivity index (χ0n) is 18.9. The number of nitrogens with one attached hydrogen (secondary N) is 1. The number of ether oxygens (including phenoxy) is 2. The number of aromatic nitrogens is 4. The second kappa shape index (κ2) is 9.57. The number of nitrogens with zero attached hydrogens (tertiary/aromatic N) is 4. The number of aryl methyl sites for hydroxylation is 1. The van der Waals surface area contributed by atoms with Crippen molar-refractivity contribution in [1.29, 1.82) is 0 Å². The summed E-state index contributed by atoms with van der Waals surface area (Å²) in [5.74, 6) is 0.795. The Kier molecular flexibility index (Phi) is 6.39. The van der Waals surface area contributed by atoms with Crippen LogP contribution in [-0.2, 0) is 17.9 Å². The van der Waals surface area contributed by atoms with E-state index in [9.17, 15) is 14.4 Å². The summed E-state index contributed by atoms with van der Waals surface area (Å²) in [4.78, 5) is 47.7. The number of carbonyl (C=O) groups is 1. The lowest BCUT2D eigenvalue weighted by Gasteiger charge is -2.13. The highest BCUT2D eigenvalue weighted by Crippen LogP contribution is 2.29. The molecular weight excluding hydrogens is 438 g/mol. The topological polar surface area (TPSA) is 117 Å². The van der Waals surface area contributed by atoms with Crippen LogP contribution in [0.1, 0.15) is 6.92 Å². The molecule has 0 atom stereocenters. The first-order chi connectivity index (χ1) is 16.5. The normalized spacial score (nSPS) is 10.8. The van der Waals surface area contributed by atoms with Crippen molar-refractivity contribution in [2.24, 2.45) is 0 Å². The molecule has 1 amide bonds. The molecule has 174 valence electrons. The molecule has 2 aromatic carbocycles. The zero-order chi connectivity index (χ0) is 24.2. The molecule has 1 N–H and O–H groups in total. The molecule has 2 heterocycles. The van der Waals surface area contributed by atoms with Gasteiger partial charge in [-0.15, -0.1) is 0 Å². The summed E-state index contributed by atoms with van der Waals surface area (Å²) in [7, 11) is 2.99. The number of amides is 1. The molecule has 34 heavy (non-hydrogen) atoms. The molecule has 0 spiro atoms. The quantitative estimate of drug-likeness (QED) is 0.449. The monoisotopic (exact) mass is 461 g/mol. The maximum atomic E-state index is 13.1. The lowest BCUT2D eigenvalue weighted by Crippen LogP contribution is -2.42. The van der Waals surface area contributed by atoms with Crippen LogP contribution in [-0.4, -0.2) is 39.2 Å². The first-order valence-electron chi connectivity index (χ1n) is 10.5. The number of anilines is 1. The Balaban J connectivity index is 1.70. The molecular formula is C24H23N5O5. The second-order valence-corrected chi connectivity index (χ2v) is 7.33. The largest absolute Gasteiger partial charge is 0.493 e. The maximum absolute atomic E-state index is 13.1. The molecule has 0 aliphatic rings. The van der Waals surface area contributed by atoms with E-state index in [1.165, 1.54) is 25.0 Å². The number of hydrogen-bond donors (Lipinski definition) is 1. The third-order valence-electron chi connectivity index (χ3n) is 5.28. The van der Waals surface area contributed by atoms with Crippen LogP contribution in [0.3, 0.4) is 0 Å². The summed E-state index contributed by atoms with van der Waals surface area (Å²) >= 11 is 0. The van der Waals surface area contributed by atoms with Gasteiger partial charge in [0.2, 0.25) is 5.91 Å². The lowest BCUT2D eigenvalue weighted by atomic mass is 10.2. The van der Waals surface area contributed by atoms with Gasteiger partial charge in [0.1, 0.15) is 11.9 Å². The Morgan fingerprint density at radius 1 is 1.00 bits per heavy atom. The van der Waals surface area contributed by atoms with Crippen LogP contribution >= 0.6 is 0 Å². The van der Waals surface area contributed by atoms with Crippen LogP contribution in [0.4, 0.5) is 5.69 Å². The molecule has 10 heteroatoms. The fourth-order valence-electron chi connectivity index (χ4n) is 3.61. The van der Waals surface area contributed by atoms with Gasteiger partial charge >= 0.3 is 5.69 Å². The highest BCUT2D eigenvalue weighted by atomic mass is 16.5. The average molecular weight is 461 g/mol. The molecule has 0 fully saturated rings. The molecule has 10 nitrogen and oxygen atoms in total. The van der Waals surface area contributed by atoms with Crippen molar-refractivity contribution in [1.82, 2.24) is 19.1 Å². The Morgan fingerprint density at radius 2 is 1.74 bits per heavy atom. The van der Waals surface area contributed by atoms with Crippen molar-refractivity contribution in [3.8, 4) is 22.9 Å². The second-order valence-electron chi connectivity index (χ2n) is 7.33. The SMILES string of the molecule is CCn1c(=O)n(CC(=O)Nc2ccc(OC)c(OC)c2)c(=O)c2cnc(-c3ccccc3)nc21. The molecule has 0 unspecified atom stereocenters. The standard InChI is InChI=1S/C24H23N5O5/c1-4-28-22-17(13-25-21(27-22)15-8-6-5-7-9-15)23(31)29(24(28)32)14-20(30)26-16-10-11-18(33-2)19(12-16)34-3/h5-13H,4,14H2,1-3H3,(H,26,30). The Labute approximate surface area is 194 Å². The Morgan fingerprint density at radius 3 is 2.41 bits per heavy atom. The summed E-state index contributed by atoms with van der Waals surface area (Å²) < 4.78 is 12.7. The minimum atomic E-state index is -0.633. The molecule has 4 rings (SSSR count). The van der Waals surface area contributed by atoms with Crippen LogP contribution in [0.5, 0.6) is 11.5 Å². The lowest BCUT2D eigenvalue weighted by molar-refractivity contribution is -0.116. The van der Waals surface area contributed by atoms with Gasteiger partial charge in [-0.05, 0) is 19.1 Å². The van der Waals surface area contributed by atoms with Gasteiger partial charge in [-0.25, -0.2) is 14.8 Å². The van der Waals surface area contributed by atoms with Gasteiger partial charge in [-0.3, -0.25) is 18.7 Å². The van der Waals surface area contributed by atoms with Crippen LogP contribution in [0.25, 0.3) is 22.4 Å². The van der Waals surface area contributed by atoms with Gasteiger partial charge in [0.15, 0.2) is 23.0 Å². The van der Waals surface area contributed by atoms with Gasteiger partial charge < -0.3 is 14.8 Å². The third kappa shape index (κ3) is 4.25. The zero-order valence-corrected chi connectivity index (χ0v) is 18.9. The molecule has 0 aliphatic heterocycles. The molecule has 4 aromatic rings. The van der Waals surface area contributed by atoms with Crippen LogP contribution in [0.2, 0.25) is 0 Å². The average Bonchev–Trinajstić information content (AvgIpc) is 2.87. The van der Waals surface area contributed by atoms with Gasteiger partial charge in [0, 0.05) is 30.1 Å². The van der Waals surface area contributed by atoms with Gasteiger partial charge in [0.25, 0.3) is 5.56 Å². The first-order valence-corrected chi connectivity index (χ1v) is 10.5. The molecule has 0 saturated heterocycles. The summed E-state index contributed by atoms with van der Waals surface area (Å²) in [5.41, 5.74) is 0.163. The minimum absolute atomic E-state index is 0.153. The summed E-state index contributed by atoms with van der Waals surface area (Å²) in [6, 6.07) is 14.1. The predicted molar refractivity (Wildman–Crippen MR) is 127 cm³/mol. The van der Waals surface area contributed by atoms with Crippen molar-refractivity contribution < 1.29 is 14.3 Å². The first kappa shape index (κ1) is 22.7. The van der Waals surface area contributed by atoms with E-state index in [1.54, 1.807) is 25.1 Å². The van der Waals surface area contributed by atoms with E-state index in [4.69, 9.17) is 9.47 Å². The van der Waals surface area contributed by atoms with Crippen molar-refractivity contribution in [3.05, 3.63) is 75.6 Å². The molecule has 0 radical (unpaired) electrons. The number of hydrogen-bond acceptors (Lipinski definition) is 7. The number of carbonyl (C=O) groups excluding carboxylic acids is 1. The van der Waals surface area contributed by atoms with Crippen molar-refractivity contribution in [2.75, 3.05) is 19.5 Å². The summed E-state index contributed by atoms with van der Waals surface area (Å²) in [6.45, 7) is 1.56. The van der Waals surface area contributed by atoms with E-state index in [0.717, 1.165) is 10.1 Å². The van der Waals surface area contributed by atoms with Gasteiger partial charge in [-0.1, -0.05) is 30.3 Å². The molecule has 0 aliphatic carbocycles. The third-order valence-corrected chi connectivity index (χ3v) is 5.28. The molecule has 2 aromatic heterocycles. The van der Waals surface area contributed by atoms with Crippen molar-refractivity contribution >= 4 is 22.6 Å². The maximum Gasteiger partial charge on any atom is 0.333 e. The van der Waals surface area contributed by atoms with E-state index in [0.29, 0.717) is 23.0 Å². The number of methoxy groups -OCH3 is 2. The smallest absolute Gasteiger partial charge is 0.333 e. The van der Waals surface area contributed by atoms with Crippen molar-refractivity contribution in [3.63, 3.8) is 0 Å². The minimum Gasteiger partial charge on any atom is -0.493 e. The molecule has 0 saturated carbocycles. The Bertz CT molecular complexity index is 1480. The van der Waals surface area contributed by atoms with Crippen LogP contribution < -0.4 is 26.0 Å².